The SMILES string of the molecule is CC1CN(S(=O)(=O)c2cc(-c3ncc(-c4ccc(Br)c(F)c4)[nH]3)ccc2Cl)CCCC1O. The summed E-state index contributed by atoms with van der Waals surface area (Å²) in [5.41, 5.74) is 1.75. The van der Waals surface area contributed by atoms with Gasteiger partial charge in [0.25, 0.3) is 0 Å². The van der Waals surface area contributed by atoms with E-state index in [0.29, 0.717) is 46.5 Å². The van der Waals surface area contributed by atoms with Crippen molar-refractivity contribution in [3.63, 3.8) is 0 Å². The average molecular weight is 543 g/mol. The molecule has 1 aliphatic heterocycles. The van der Waals surface area contributed by atoms with Crippen molar-refractivity contribution in [2.75, 3.05) is 13.1 Å². The number of hydrogen-bond acceptors (Lipinski definition) is 4. The van der Waals surface area contributed by atoms with Crippen LogP contribution in [-0.2, 0) is 10.0 Å². The van der Waals surface area contributed by atoms with Crippen LogP contribution in [0.5, 0.6) is 0 Å². The van der Waals surface area contributed by atoms with E-state index in [1.807, 2.05) is 6.92 Å². The number of benzene rings is 2. The molecule has 0 radical (unpaired) electrons. The Balaban J connectivity index is 1.67. The molecule has 1 fully saturated rings. The summed E-state index contributed by atoms with van der Waals surface area (Å²) in [6, 6.07) is 9.44. The van der Waals surface area contributed by atoms with E-state index in [4.69, 9.17) is 11.6 Å². The molecule has 1 aliphatic rings. The number of nitrogens with zero attached hydrogens (tertiary/aromatic N) is 2. The molecule has 2 unspecified atom stereocenters. The van der Waals surface area contributed by atoms with Crippen LogP contribution in [-0.4, -0.2) is 47.0 Å². The highest BCUT2D eigenvalue weighted by atomic mass is 79.9. The smallest absolute Gasteiger partial charge is 0.244 e. The van der Waals surface area contributed by atoms with Crippen molar-refractivity contribution in [1.29, 1.82) is 0 Å². The summed E-state index contributed by atoms with van der Waals surface area (Å²) in [5.74, 6) is -0.125. The van der Waals surface area contributed by atoms with Crippen molar-refractivity contribution < 1.29 is 17.9 Å². The van der Waals surface area contributed by atoms with Gasteiger partial charge < -0.3 is 10.1 Å². The normalized spacial score (nSPS) is 20.3. The fourth-order valence-corrected chi connectivity index (χ4v) is 6.11. The van der Waals surface area contributed by atoms with Crippen molar-refractivity contribution in [2.45, 2.75) is 30.8 Å². The molecule has 0 saturated carbocycles. The number of aromatic nitrogens is 2. The Hall–Kier alpha value is -1.78. The van der Waals surface area contributed by atoms with Gasteiger partial charge in [-0.2, -0.15) is 4.31 Å². The second-order valence-electron chi connectivity index (χ2n) is 7.97. The monoisotopic (exact) mass is 541 g/mol. The van der Waals surface area contributed by atoms with Gasteiger partial charge in [0.15, 0.2) is 0 Å². The molecule has 3 aromatic rings. The highest BCUT2D eigenvalue weighted by Crippen LogP contribution is 2.32. The first kappa shape index (κ1) is 23.4. The van der Waals surface area contributed by atoms with Gasteiger partial charge in [0.05, 0.1) is 27.5 Å². The van der Waals surface area contributed by atoms with Crippen molar-refractivity contribution in [3.05, 3.63) is 57.9 Å². The number of rotatable bonds is 4. The van der Waals surface area contributed by atoms with E-state index in [1.165, 1.54) is 22.5 Å². The number of sulfonamides is 1. The summed E-state index contributed by atoms with van der Waals surface area (Å²) in [4.78, 5) is 7.45. The largest absolute Gasteiger partial charge is 0.393 e. The molecule has 1 saturated heterocycles. The fourth-order valence-electron chi connectivity index (χ4n) is 3.78. The third kappa shape index (κ3) is 4.63. The summed E-state index contributed by atoms with van der Waals surface area (Å²) < 4.78 is 42.4. The number of halogens is 3. The van der Waals surface area contributed by atoms with Gasteiger partial charge in [-0.25, -0.2) is 17.8 Å². The second kappa shape index (κ2) is 9.23. The zero-order valence-corrected chi connectivity index (χ0v) is 20.4. The molecule has 2 aromatic carbocycles. The number of hydrogen-bond donors (Lipinski definition) is 2. The summed E-state index contributed by atoms with van der Waals surface area (Å²) in [5, 5.41) is 10.2. The van der Waals surface area contributed by atoms with Crippen LogP contribution in [0.15, 0.2) is 52.0 Å². The van der Waals surface area contributed by atoms with E-state index in [1.54, 1.807) is 24.4 Å². The lowest BCUT2D eigenvalue weighted by atomic mass is 10.0. The zero-order valence-electron chi connectivity index (χ0n) is 17.2. The van der Waals surface area contributed by atoms with Gasteiger partial charge in [-0.3, -0.25) is 0 Å². The summed E-state index contributed by atoms with van der Waals surface area (Å²) in [6.45, 7) is 2.39. The van der Waals surface area contributed by atoms with Crippen LogP contribution in [0.1, 0.15) is 19.8 Å². The lowest BCUT2D eigenvalue weighted by molar-refractivity contribution is 0.111. The van der Waals surface area contributed by atoms with Crippen molar-refractivity contribution >= 4 is 37.6 Å². The van der Waals surface area contributed by atoms with E-state index < -0.39 is 21.9 Å². The zero-order chi connectivity index (χ0) is 23.0. The first-order chi connectivity index (χ1) is 15.2. The van der Waals surface area contributed by atoms with Crippen LogP contribution >= 0.6 is 27.5 Å². The van der Waals surface area contributed by atoms with Gasteiger partial charge in [0.2, 0.25) is 10.0 Å². The topological polar surface area (TPSA) is 86.3 Å². The highest BCUT2D eigenvalue weighted by molar-refractivity contribution is 9.10. The number of aromatic amines is 1. The molecule has 0 aliphatic carbocycles. The minimum Gasteiger partial charge on any atom is -0.393 e. The van der Waals surface area contributed by atoms with E-state index in [9.17, 15) is 17.9 Å². The molecule has 170 valence electrons. The fraction of sp³-hybridized carbons (Fsp3) is 0.318. The van der Waals surface area contributed by atoms with Crippen LogP contribution in [0.4, 0.5) is 4.39 Å². The molecule has 4 rings (SSSR count). The summed E-state index contributed by atoms with van der Waals surface area (Å²) in [7, 11) is -3.86. The lowest BCUT2D eigenvalue weighted by Crippen LogP contribution is -2.35. The predicted octanol–water partition coefficient (Wildman–Crippen LogP) is 5.08. The third-order valence-electron chi connectivity index (χ3n) is 5.68. The molecule has 0 amide bonds. The number of H-pyrrole nitrogens is 1. The Morgan fingerprint density at radius 2 is 2.00 bits per heavy atom. The molecule has 6 nitrogen and oxygen atoms in total. The van der Waals surface area contributed by atoms with E-state index in [2.05, 4.69) is 25.9 Å². The Bertz CT molecular complexity index is 1250. The molecule has 2 atom stereocenters. The molecule has 0 bridgehead atoms. The van der Waals surface area contributed by atoms with Crippen LogP contribution in [0.25, 0.3) is 22.6 Å². The lowest BCUT2D eigenvalue weighted by Gasteiger charge is -2.24. The Labute approximate surface area is 199 Å². The van der Waals surface area contributed by atoms with Crippen LogP contribution in [0, 0.1) is 11.7 Å². The molecule has 2 heterocycles. The van der Waals surface area contributed by atoms with Gasteiger partial charge in [-0.1, -0.05) is 24.6 Å². The van der Waals surface area contributed by atoms with Crippen LogP contribution < -0.4 is 0 Å². The van der Waals surface area contributed by atoms with Gasteiger partial charge in [0, 0.05) is 24.2 Å². The average Bonchev–Trinajstić information content (AvgIpc) is 3.18. The minimum atomic E-state index is -3.86. The molecular weight excluding hydrogens is 521 g/mol. The second-order valence-corrected chi connectivity index (χ2v) is 11.1. The number of nitrogens with one attached hydrogen (secondary N) is 1. The summed E-state index contributed by atoms with van der Waals surface area (Å²) in [6.07, 6.45) is 2.18. The van der Waals surface area contributed by atoms with E-state index in [-0.39, 0.29) is 22.4 Å². The van der Waals surface area contributed by atoms with Gasteiger partial charge >= 0.3 is 0 Å². The first-order valence-corrected chi connectivity index (χ1v) is 12.8. The minimum absolute atomic E-state index is 0.00658. The Morgan fingerprint density at radius 1 is 1.25 bits per heavy atom. The highest BCUT2D eigenvalue weighted by Gasteiger charge is 2.32. The Morgan fingerprint density at radius 3 is 2.75 bits per heavy atom. The standard InChI is InChI=1S/C22H22BrClFN3O3S/c1-13-12-28(8-2-3-20(13)29)32(30,31)21-10-15(5-7-17(21)24)22-26-11-19(27-22)14-4-6-16(23)18(25)9-14/h4-7,9-11,13,20,29H,2-3,8,12H2,1H3,(H,26,27). The molecule has 32 heavy (non-hydrogen) atoms. The third-order valence-corrected chi connectivity index (χ3v) is 8.67. The number of aliphatic hydroxyl groups excluding tert-OH is 1. The number of imidazole rings is 1. The maximum Gasteiger partial charge on any atom is 0.244 e. The molecule has 0 spiro atoms. The van der Waals surface area contributed by atoms with Crippen molar-refractivity contribution in [1.82, 2.24) is 14.3 Å². The number of aliphatic hydroxyl groups is 1. The quantitative estimate of drug-likeness (QED) is 0.481. The van der Waals surface area contributed by atoms with Crippen molar-refractivity contribution in [2.24, 2.45) is 5.92 Å². The molecule has 2 N–H and O–H groups in total. The molecular formula is C22H22BrClFN3O3S. The van der Waals surface area contributed by atoms with Gasteiger partial charge in [-0.15, -0.1) is 0 Å². The molecule has 1 aromatic heterocycles. The van der Waals surface area contributed by atoms with Gasteiger partial charge in [0.1, 0.15) is 16.5 Å². The van der Waals surface area contributed by atoms with Crippen molar-refractivity contribution in [3.8, 4) is 22.6 Å². The molecule has 10 heteroatoms. The first-order valence-electron chi connectivity index (χ1n) is 10.2. The van der Waals surface area contributed by atoms with E-state index >= 15 is 0 Å². The van der Waals surface area contributed by atoms with Gasteiger partial charge in [-0.05, 0) is 65.0 Å². The predicted molar refractivity (Wildman–Crippen MR) is 125 cm³/mol. The summed E-state index contributed by atoms with van der Waals surface area (Å²) >= 11 is 9.43. The van der Waals surface area contributed by atoms with Crippen LogP contribution in [0.2, 0.25) is 5.02 Å². The maximum absolute atomic E-state index is 13.9. The maximum atomic E-state index is 13.9. The van der Waals surface area contributed by atoms with Crippen LogP contribution in [0.3, 0.4) is 0 Å². The Kier molecular flexibility index (Phi) is 6.74. The van der Waals surface area contributed by atoms with E-state index in [0.717, 1.165) is 0 Å².